The third-order valence-corrected chi connectivity index (χ3v) is 4.26. The van der Waals surface area contributed by atoms with Gasteiger partial charge in [0.1, 0.15) is 6.10 Å². The molecule has 0 aromatic heterocycles. The highest BCUT2D eigenvalue weighted by molar-refractivity contribution is 5.83. The number of primary amides is 1. The highest BCUT2D eigenvalue weighted by atomic mass is 16.5. The topological polar surface area (TPSA) is 72.6 Å². The van der Waals surface area contributed by atoms with Gasteiger partial charge in [0.15, 0.2) is 0 Å². The summed E-state index contributed by atoms with van der Waals surface area (Å²) >= 11 is 0. The van der Waals surface area contributed by atoms with Crippen LogP contribution in [0.5, 0.6) is 0 Å². The minimum Gasteiger partial charge on any atom is -0.369 e. The van der Waals surface area contributed by atoms with Crippen molar-refractivity contribution in [2.45, 2.75) is 45.4 Å². The smallest absolute Gasteiger partial charge is 0.251 e. The summed E-state index contributed by atoms with van der Waals surface area (Å²) in [6.45, 7) is 4.55. The standard InChI is InChI=1S/C17H24N2O3/c1-12-8-9-15(16(18)20)10-19(12)17(21)13(2)22-11-14-6-4-3-5-7-14/h3-7,12-13,15H,8-11H2,1-2H3,(H2,18,20)/t12-,13-,15-/m0/s1. The molecule has 0 radical (unpaired) electrons. The molecule has 1 aliphatic rings. The van der Waals surface area contributed by atoms with E-state index in [-0.39, 0.29) is 23.8 Å². The predicted octanol–water partition coefficient (Wildman–Crippen LogP) is 1.70. The van der Waals surface area contributed by atoms with Crippen molar-refractivity contribution in [1.82, 2.24) is 4.90 Å². The second-order valence-electron chi connectivity index (χ2n) is 5.96. The van der Waals surface area contributed by atoms with Crippen LogP contribution in [-0.2, 0) is 20.9 Å². The molecule has 120 valence electrons. The molecule has 1 aromatic carbocycles. The van der Waals surface area contributed by atoms with Crippen molar-refractivity contribution in [3.8, 4) is 0 Å². The summed E-state index contributed by atoms with van der Waals surface area (Å²) in [7, 11) is 0. The normalized spacial score (nSPS) is 23.1. The zero-order chi connectivity index (χ0) is 16.1. The van der Waals surface area contributed by atoms with Crippen LogP contribution in [0, 0.1) is 5.92 Å². The third kappa shape index (κ3) is 4.07. The SMILES string of the molecule is C[C@H](OCc1ccccc1)C(=O)N1C[C@@H](C(N)=O)CC[C@@H]1C. The van der Waals surface area contributed by atoms with Crippen LogP contribution in [0.3, 0.4) is 0 Å². The first-order valence-corrected chi connectivity index (χ1v) is 7.74. The summed E-state index contributed by atoms with van der Waals surface area (Å²) in [6, 6.07) is 9.86. The molecular weight excluding hydrogens is 280 g/mol. The lowest BCUT2D eigenvalue weighted by atomic mass is 9.92. The van der Waals surface area contributed by atoms with Crippen LogP contribution >= 0.6 is 0 Å². The Kier molecular flexibility index (Phi) is 5.55. The van der Waals surface area contributed by atoms with Gasteiger partial charge in [0.2, 0.25) is 5.91 Å². The maximum atomic E-state index is 12.5. The summed E-state index contributed by atoms with van der Waals surface area (Å²) in [5, 5.41) is 0. The molecule has 2 rings (SSSR count). The molecule has 2 N–H and O–H groups in total. The van der Waals surface area contributed by atoms with E-state index in [9.17, 15) is 9.59 Å². The number of nitrogens with zero attached hydrogens (tertiary/aromatic N) is 1. The summed E-state index contributed by atoms with van der Waals surface area (Å²) in [5.41, 5.74) is 6.41. The fourth-order valence-electron chi connectivity index (χ4n) is 2.75. The van der Waals surface area contributed by atoms with Crippen LogP contribution in [-0.4, -0.2) is 35.4 Å². The third-order valence-electron chi connectivity index (χ3n) is 4.26. The number of benzene rings is 1. The Morgan fingerprint density at radius 3 is 2.64 bits per heavy atom. The molecule has 1 aromatic rings. The first kappa shape index (κ1) is 16.5. The Labute approximate surface area is 131 Å². The molecule has 1 saturated heterocycles. The van der Waals surface area contributed by atoms with Gasteiger partial charge in [-0.25, -0.2) is 0 Å². The van der Waals surface area contributed by atoms with Gasteiger partial charge >= 0.3 is 0 Å². The average molecular weight is 304 g/mol. The van der Waals surface area contributed by atoms with E-state index in [1.165, 1.54) is 0 Å². The van der Waals surface area contributed by atoms with Crippen molar-refractivity contribution in [2.24, 2.45) is 11.7 Å². The van der Waals surface area contributed by atoms with Gasteiger partial charge in [0.05, 0.1) is 12.5 Å². The van der Waals surface area contributed by atoms with Crippen molar-refractivity contribution in [3.05, 3.63) is 35.9 Å². The average Bonchev–Trinajstić information content (AvgIpc) is 2.53. The highest BCUT2D eigenvalue weighted by Gasteiger charge is 2.33. The van der Waals surface area contributed by atoms with Gasteiger partial charge in [0, 0.05) is 12.6 Å². The molecule has 0 bridgehead atoms. The number of hydrogen-bond acceptors (Lipinski definition) is 3. The maximum absolute atomic E-state index is 12.5. The van der Waals surface area contributed by atoms with Crippen molar-refractivity contribution in [1.29, 1.82) is 0 Å². The van der Waals surface area contributed by atoms with Crippen molar-refractivity contribution >= 4 is 11.8 Å². The number of hydrogen-bond donors (Lipinski definition) is 1. The van der Waals surface area contributed by atoms with Gasteiger partial charge < -0.3 is 15.4 Å². The Morgan fingerprint density at radius 2 is 2.00 bits per heavy atom. The number of nitrogens with two attached hydrogens (primary N) is 1. The molecule has 0 saturated carbocycles. The molecule has 5 nitrogen and oxygen atoms in total. The Balaban J connectivity index is 1.92. The number of carbonyl (C=O) groups is 2. The van der Waals surface area contributed by atoms with Crippen molar-refractivity contribution in [2.75, 3.05) is 6.54 Å². The molecule has 0 unspecified atom stereocenters. The Hall–Kier alpha value is -1.88. The predicted molar refractivity (Wildman–Crippen MR) is 83.8 cm³/mol. The first-order chi connectivity index (χ1) is 10.5. The van der Waals surface area contributed by atoms with Crippen molar-refractivity contribution in [3.63, 3.8) is 0 Å². The molecule has 22 heavy (non-hydrogen) atoms. The second kappa shape index (κ2) is 7.40. The van der Waals surface area contributed by atoms with Crippen LogP contribution in [0.4, 0.5) is 0 Å². The fraction of sp³-hybridized carbons (Fsp3) is 0.529. The van der Waals surface area contributed by atoms with E-state index in [0.29, 0.717) is 13.2 Å². The lowest BCUT2D eigenvalue weighted by Crippen LogP contribution is -2.51. The quantitative estimate of drug-likeness (QED) is 0.900. The van der Waals surface area contributed by atoms with E-state index in [1.807, 2.05) is 37.3 Å². The van der Waals surface area contributed by atoms with Gasteiger partial charge in [0.25, 0.3) is 5.91 Å². The Bertz CT molecular complexity index is 518. The van der Waals surface area contributed by atoms with Crippen LogP contribution in [0.15, 0.2) is 30.3 Å². The largest absolute Gasteiger partial charge is 0.369 e. The van der Waals surface area contributed by atoms with Crippen LogP contribution < -0.4 is 5.73 Å². The molecule has 5 heteroatoms. The summed E-state index contributed by atoms with van der Waals surface area (Å²) in [5.74, 6) is -0.654. The van der Waals surface area contributed by atoms with Crippen LogP contribution in [0.2, 0.25) is 0 Å². The number of piperidine rings is 1. The van der Waals surface area contributed by atoms with E-state index < -0.39 is 6.10 Å². The monoisotopic (exact) mass is 304 g/mol. The minimum absolute atomic E-state index is 0.0746. The van der Waals surface area contributed by atoms with E-state index in [1.54, 1.807) is 11.8 Å². The van der Waals surface area contributed by atoms with Crippen LogP contribution in [0.1, 0.15) is 32.3 Å². The molecule has 1 heterocycles. The number of carbonyl (C=O) groups excluding carboxylic acids is 2. The Morgan fingerprint density at radius 1 is 1.32 bits per heavy atom. The van der Waals surface area contributed by atoms with E-state index in [0.717, 1.165) is 18.4 Å². The van der Waals surface area contributed by atoms with Gasteiger partial charge in [-0.05, 0) is 32.3 Å². The molecule has 2 amide bonds. The molecular formula is C17H24N2O3. The van der Waals surface area contributed by atoms with Gasteiger partial charge in [-0.2, -0.15) is 0 Å². The van der Waals surface area contributed by atoms with Gasteiger partial charge in [-0.15, -0.1) is 0 Å². The number of ether oxygens (including phenoxy) is 1. The minimum atomic E-state index is -0.533. The first-order valence-electron chi connectivity index (χ1n) is 7.74. The highest BCUT2D eigenvalue weighted by Crippen LogP contribution is 2.23. The molecule has 1 aliphatic heterocycles. The number of amides is 2. The zero-order valence-electron chi connectivity index (χ0n) is 13.2. The summed E-state index contributed by atoms with van der Waals surface area (Å²) < 4.78 is 5.68. The van der Waals surface area contributed by atoms with Crippen LogP contribution in [0.25, 0.3) is 0 Å². The summed E-state index contributed by atoms with van der Waals surface area (Å²) in [4.78, 5) is 25.6. The molecule has 1 fully saturated rings. The van der Waals surface area contributed by atoms with E-state index in [4.69, 9.17) is 10.5 Å². The zero-order valence-corrected chi connectivity index (χ0v) is 13.2. The second-order valence-corrected chi connectivity index (χ2v) is 5.96. The van der Waals surface area contributed by atoms with Gasteiger partial charge in [-0.1, -0.05) is 30.3 Å². The lowest BCUT2D eigenvalue weighted by molar-refractivity contribution is -0.148. The summed E-state index contributed by atoms with van der Waals surface area (Å²) in [6.07, 6.45) is 1.01. The van der Waals surface area contributed by atoms with Crippen molar-refractivity contribution < 1.29 is 14.3 Å². The number of likely N-dealkylation sites (tertiary alicyclic amines) is 1. The van der Waals surface area contributed by atoms with E-state index >= 15 is 0 Å². The lowest BCUT2D eigenvalue weighted by Gasteiger charge is -2.38. The molecule has 0 aliphatic carbocycles. The van der Waals surface area contributed by atoms with Gasteiger partial charge in [-0.3, -0.25) is 9.59 Å². The van der Waals surface area contributed by atoms with E-state index in [2.05, 4.69) is 0 Å². The maximum Gasteiger partial charge on any atom is 0.251 e. The number of rotatable bonds is 5. The fourth-order valence-corrected chi connectivity index (χ4v) is 2.75. The molecule has 3 atom stereocenters. The molecule has 0 spiro atoms.